The Labute approximate surface area is 448 Å². The van der Waals surface area contributed by atoms with Crippen LogP contribution in [-0.4, -0.2) is 137 Å². The van der Waals surface area contributed by atoms with Crippen LogP contribution in [0.3, 0.4) is 0 Å². The van der Waals surface area contributed by atoms with Crippen molar-refractivity contribution in [3.63, 3.8) is 0 Å². The largest absolute Gasteiger partial charge is 0.465 e. The van der Waals surface area contributed by atoms with Crippen molar-refractivity contribution in [2.75, 3.05) is 71.5 Å². The second-order valence-electron chi connectivity index (χ2n) is 23.5. The van der Waals surface area contributed by atoms with Crippen LogP contribution in [0.15, 0.2) is 53.3 Å². The molecule has 2 saturated heterocycles. The van der Waals surface area contributed by atoms with Gasteiger partial charge in [0.25, 0.3) is 0 Å². The number of nitrogens with zero attached hydrogens (tertiary/aromatic N) is 5. The quantitative estimate of drug-likeness (QED) is 0.0878. The number of nitrogens with one attached hydrogen (secondary N) is 1. The third-order valence-corrected chi connectivity index (χ3v) is 28.8. The lowest BCUT2D eigenvalue weighted by Gasteiger charge is -2.44. The molecule has 73 heavy (non-hydrogen) atoms. The summed E-state index contributed by atoms with van der Waals surface area (Å²) in [5.74, 6) is -0.558. The zero-order valence-corrected chi connectivity index (χ0v) is 51.7. The number of amides is 2. The first kappa shape index (κ1) is 61.2. The van der Waals surface area contributed by atoms with Gasteiger partial charge in [-0.05, 0) is 105 Å². The van der Waals surface area contributed by atoms with Crippen LogP contribution < -0.4 is 10.2 Å². The maximum absolute atomic E-state index is 12.8. The Hall–Kier alpha value is -4.33. The molecule has 1 N–H and O–H groups in total. The number of anilines is 1. The van der Waals surface area contributed by atoms with E-state index in [1.165, 1.54) is 14.2 Å². The van der Waals surface area contributed by atoms with Crippen LogP contribution in [0.2, 0.25) is 33.2 Å². The number of fused-ring (bicyclic) bond motifs is 2. The van der Waals surface area contributed by atoms with Crippen LogP contribution in [0, 0.1) is 0 Å². The van der Waals surface area contributed by atoms with Gasteiger partial charge in [0.05, 0.1) is 25.3 Å². The SMILES string of the molecule is CC(C)(C)OC(=O)N1CCNCC1.COC(=O)c1cn([Si](C(C)C)(C(C)C)C(C)C)c2cc(Br)ccc12.COC(=O)c1cn([Si](C(C)C)(C(C)C)C(C)C)c2cc(N3CCN(C(=O)OC(C)(C)C)CC3)ccc12. The number of methoxy groups -OCH3 is 2. The van der Waals surface area contributed by atoms with Crippen molar-refractivity contribution < 1.29 is 38.1 Å². The van der Waals surface area contributed by atoms with Crippen LogP contribution in [-0.2, 0) is 18.9 Å². The van der Waals surface area contributed by atoms with Crippen LogP contribution in [0.25, 0.3) is 21.8 Å². The molecule has 0 unspecified atom stereocenters. The molecule has 0 aliphatic carbocycles. The first-order chi connectivity index (χ1) is 33.9. The smallest absolute Gasteiger partial charge is 0.410 e. The van der Waals surface area contributed by atoms with Crippen molar-refractivity contribution in [1.29, 1.82) is 0 Å². The molecule has 0 atom stereocenters. The number of hydrogen-bond donors (Lipinski definition) is 1. The summed E-state index contributed by atoms with van der Waals surface area (Å²) in [5.41, 5.74) is 6.88. The van der Waals surface area contributed by atoms with Gasteiger partial charge in [0, 0.05) is 96.7 Å². The second kappa shape index (κ2) is 25.0. The molecule has 2 aliphatic rings. The molecule has 14 nitrogen and oxygen atoms in total. The summed E-state index contributed by atoms with van der Waals surface area (Å²) in [6.45, 7) is 45.2. The normalized spacial score (nSPS) is 15.0. The van der Waals surface area contributed by atoms with Crippen LogP contribution in [0.4, 0.5) is 15.3 Å². The van der Waals surface area contributed by atoms with E-state index >= 15 is 0 Å². The first-order valence-electron chi connectivity index (χ1n) is 26.4. The van der Waals surface area contributed by atoms with E-state index in [9.17, 15) is 19.2 Å². The van der Waals surface area contributed by atoms with Gasteiger partial charge in [0.1, 0.15) is 11.2 Å². The maximum atomic E-state index is 12.8. The molecule has 2 aromatic carbocycles. The van der Waals surface area contributed by atoms with Crippen molar-refractivity contribution in [2.24, 2.45) is 0 Å². The van der Waals surface area contributed by atoms with E-state index in [-0.39, 0.29) is 29.7 Å². The molecule has 2 fully saturated rings. The zero-order chi connectivity index (χ0) is 55.1. The Bertz CT molecular complexity index is 2460. The number of ether oxygens (including phenoxy) is 4. The molecule has 2 aromatic heterocycles. The molecule has 408 valence electrons. The standard InChI is InChI=1S/C28H45N3O4Si.C19H28BrNO2Si.C9H18N2O2/c1-19(2)36(20(3)4,21(5)6)31-18-24(26(32)34-10)23-12-11-22(17-25(23)31)29-13-15-30(16-14-29)27(33)35-28(7,8)9;1-12(2)24(13(3)4,14(5)6)21-11-17(19(22)23-7)16-9-8-15(20)10-18(16)21;1-9(2,3)13-8(12)11-6-4-10-5-7-11/h11-12,17-21H,13-16H2,1-10H3;8-14H,1-7H3;10H,4-7H2,1-3H3. The summed E-state index contributed by atoms with van der Waals surface area (Å²) in [4.78, 5) is 55.0. The fourth-order valence-electron chi connectivity index (χ4n) is 12.1. The molecule has 0 saturated carbocycles. The number of benzene rings is 2. The average Bonchev–Trinajstić information content (AvgIpc) is 3.86. The lowest BCUT2D eigenvalue weighted by Crippen LogP contribution is -2.51. The molecule has 0 spiro atoms. The van der Waals surface area contributed by atoms with Gasteiger partial charge in [0.2, 0.25) is 0 Å². The Kier molecular flexibility index (Phi) is 21.0. The van der Waals surface area contributed by atoms with E-state index in [2.05, 4.69) is 154 Å². The minimum absolute atomic E-state index is 0.200. The van der Waals surface area contributed by atoms with Gasteiger partial charge in [-0.25, -0.2) is 19.2 Å². The fraction of sp³-hybridized carbons (Fsp3) is 0.643. The molecule has 0 bridgehead atoms. The third-order valence-electron chi connectivity index (χ3n) is 14.8. The molecule has 6 rings (SSSR count). The third kappa shape index (κ3) is 13.8. The summed E-state index contributed by atoms with van der Waals surface area (Å²) in [5, 5.41) is 5.10. The number of esters is 2. The van der Waals surface area contributed by atoms with Crippen molar-refractivity contribution in [3.8, 4) is 0 Å². The van der Waals surface area contributed by atoms with Gasteiger partial charge in [-0.2, -0.15) is 0 Å². The van der Waals surface area contributed by atoms with Gasteiger partial charge >= 0.3 is 24.1 Å². The van der Waals surface area contributed by atoms with E-state index in [1.807, 2.05) is 53.7 Å². The summed E-state index contributed by atoms with van der Waals surface area (Å²) >= 11 is 3.59. The zero-order valence-electron chi connectivity index (χ0n) is 48.1. The lowest BCUT2D eigenvalue weighted by atomic mass is 10.1. The predicted molar refractivity (Wildman–Crippen MR) is 308 cm³/mol. The number of carbonyl (C=O) groups is 4. The van der Waals surface area contributed by atoms with Crippen LogP contribution >= 0.6 is 15.9 Å². The predicted octanol–water partition coefficient (Wildman–Crippen LogP) is 13.5. The molecule has 2 aliphatic heterocycles. The minimum atomic E-state index is -2.11. The molecule has 2 amide bonds. The number of hydrogen-bond acceptors (Lipinski definition) is 10. The topological polar surface area (TPSA) is 137 Å². The lowest BCUT2D eigenvalue weighted by molar-refractivity contribution is 0.0223. The highest BCUT2D eigenvalue weighted by Crippen LogP contribution is 2.47. The van der Waals surface area contributed by atoms with E-state index < -0.39 is 22.1 Å². The van der Waals surface area contributed by atoms with Crippen LogP contribution in [0.1, 0.15) is 145 Å². The van der Waals surface area contributed by atoms with Gasteiger partial charge in [-0.3, -0.25) is 0 Å². The fourth-order valence-corrected chi connectivity index (χ4v) is 25.7. The Morgan fingerprint density at radius 2 is 0.890 bits per heavy atom. The average molecular weight is 1110 g/mol. The number of piperazine rings is 2. The Morgan fingerprint density at radius 1 is 0.534 bits per heavy atom. The van der Waals surface area contributed by atoms with E-state index in [4.69, 9.17) is 18.9 Å². The van der Waals surface area contributed by atoms with Gasteiger partial charge in [-0.15, -0.1) is 0 Å². The Morgan fingerprint density at radius 3 is 1.25 bits per heavy atom. The number of halogens is 1. The molecular weight excluding hydrogens is 1020 g/mol. The van der Waals surface area contributed by atoms with Gasteiger partial charge in [0.15, 0.2) is 16.5 Å². The molecular formula is C56H91BrN6O8Si2. The number of aromatic nitrogens is 2. The van der Waals surface area contributed by atoms with Gasteiger partial charge < -0.3 is 47.4 Å². The Balaban J connectivity index is 0.000000267. The highest BCUT2D eigenvalue weighted by atomic mass is 79.9. The minimum Gasteiger partial charge on any atom is -0.465 e. The van der Waals surface area contributed by atoms with Crippen molar-refractivity contribution in [2.45, 2.75) is 169 Å². The van der Waals surface area contributed by atoms with Gasteiger partial charge in [-0.1, -0.05) is 105 Å². The maximum Gasteiger partial charge on any atom is 0.410 e. The molecule has 17 heteroatoms. The molecule has 4 aromatic rings. The summed E-state index contributed by atoms with van der Waals surface area (Å²) in [6.07, 6.45) is 3.66. The van der Waals surface area contributed by atoms with E-state index in [0.717, 1.165) is 71.2 Å². The van der Waals surface area contributed by atoms with Crippen molar-refractivity contribution in [1.82, 2.24) is 23.6 Å². The monoisotopic (exact) mass is 1110 g/mol. The second-order valence-corrected chi connectivity index (χ2v) is 35.9. The molecule has 0 radical (unpaired) electrons. The highest BCUT2D eigenvalue weighted by Gasteiger charge is 2.48. The van der Waals surface area contributed by atoms with E-state index in [1.54, 1.807) is 9.80 Å². The first-order valence-corrected chi connectivity index (χ1v) is 31.6. The summed E-state index contributed by atoms with van der Waals surface area (Å²) < 4.78 is 27.0. The van der Waals surface area contributed by atoms with Crippen molar-refractivity contribution in [3.05, 3.63) is 64.4 Å². The van der Waals surface area contributed by atoms with Crippen LogP contribution in [0.5, 0.6) is 0 Å². The van der Waals surface area contributed by atoms with Crippen molar-refractivity contribution >= 4 is 84.0 Å². The highest BCUT2D eigenvalue weighted by molar-refractivity contribution is 9.10. The summed E-state index contributed by atoms with van der Waals surface area (Å²) in [7, 11) is -1.15. The number of rotatable bonds is 11. The van der Waals surface area contributed by atoms with E-state index in [0.29, 0.717) is 57.5 Å². The number of carbonyl (C=O) groups excluding carboxylic acids is 4. The summed E-state index contributed by atoms with van der Waals surface area (Å²) in [6, 6.07) is 12.5. The molecule has 4 heterocycles.